The smallest absolute Gasteiger partial charge is 0.243 e. The fourth-order valence-corrected chi connectivity index (χ4v) is 2.39. The van der Waals surface area contributed by atoms with Crippen molar-refractivity contribution >= 4 is 6.03 Å². The minimum absolute atomic E-state index is 0.217. The molecular weight excluding hydrogens is 292 g/mol. The molecule has 1 aromatic carbocycles. The molecule has 0 unspecified atom stereocenters. The van der Waals surface area contributed by atoms with Crippen LogP contribution in [0.2, 0.25) is 0 Å². The zero-order valence-corrected chi connectivity index (χ0v) is 13.3. The van der Waals surface area contributed by atoms with E-state index in [1.807, 2.05) is 30.3 Å². The number of hydrogen-bond donors (Lipinski definition) is 0. The van der Waals surface area contributed by atoms with E-state index in [0.29, 0.717) is 6.42 Å². The number of rotatable bonds is 2. The van der Waals surface area contributed by atoms with Gasteiger partial charge in [-0.3, -0.25) is 0 Å². The van der Waals surface area contributed by atoms with Crippen LogP contribution < -0.4 is 0 Å². The van der Waals surface area contributed by atoms with Crippen LogP contribution in [0.25, 0.3) is 0 Å². The molecule has 2 heterocycles. The molecule has 7 heteroatoms. The largest absolute Gasteiger partial charge is 0.372 e. The number of carbonyl (C=O) groups excluding carboxylic acids is 1. The summed E-state index contributed by atoms with van der Waals surface area (Å²) >= 11 is 0. The van der Waals surface area contributed by atoms with E-state index in [-0.39, 0.29) is 5.41 Å². The summed E-state index contributed by atoms with van der Waals surface area (Å²) in [4.78, 5) is 12.6. The molecule has 0 saturated heterocycles. The van der Waals surface area contributed by atoms with Crippen LogP contribution in [0.5, 0.6) is 0 Å². The van der Waals surface area contributed by atoms with Crippen molar-refractivity contribution in [3.63, 3.8) is 0 Å². The van der Waals surface area contributed by atoms with E-state index in [4.69, 9.17) is 0 Å². The summed E-state index contributed by atoms with van der Waals surface area (Å²) < 4.78 is 2.46. The molecule has 23 heavy (non-hydrogen) atoms. The Morgan fingerprint density at radius 3 is 2.48 bits per heavy atom. The lowest BCUT2D eigenvalue weighted by atomic mass is 9.89. The number of hydrogen-bond acceptors (Lipinski definition) is 5. The predicted molar refractivity (Wildman–Crippen MR) is 84.2 cm³/mol. The summed E-state index contributed by atoms with van der Waals surface area (Å²) in [6.07, 6.45) is 3.52. The number of carbonyl (C=O) groups is 1. The van der Waals surface area contributed by atoms with Gasteiger partial charge in [0.05, 0.1) is 23.8 Å². The van der Waals surface area contributed by atoms with E-state index < -0.39 is 6.03 Å². The Labute approximate surface area is 133 Å². The van der Waals surface area contributed by atoms with E-state index in [2.05, 4.69) is 41.4 Å². The molecule has 3 aromatic rings. The summed E-state index contributed by atoms with van der Waals surface area (Å²) in [5.74, 6) is 0. The first-order valence-electron chi connectivity index (χ1n) is 7.37. The predicted octanol–water partition coefficient (Wildman–Crippen LogP) is 2.27. The molecular formula is C16H18N6O. The monoisotopic (exact) mass is 310 g/mol. The van der Waals surface area contributed by atoms with Gasteiger partial charge in [0.1, 0.15) is 0 Å². The third kappa shape index (κ3) is 3.03. The minimum Gasteiger partial charge on any atom is -0.243 e. The van der Waals surface area contributed by atoms with Crippen molar-refractivity contribution in [3.8, 4) is 0 Å². The highest BCUT2D eigenvalue weighted by molar-refractivity contribution is 5.78. The highest BCUT2D eigenvalue weighted by Crippen LogP contribution is 2.25. The topological polar surface area (TPSA) is 78.5 Å². The van der Waals surface area contributed by atoms with Crippen molar-refractivity contribution in [1.29, 1.82) is 0 Å². The second kappa shape index (κ2) is 5.75. The molecule has 0 amide bonds. The van der Waals surface area contributed by atoms with E-state index in [1.54, 1.807) is 0 Å². The lowest BCUT2D eigenvalue weighted by Gasteiger charge is -2.17. The van der Waals surface area contributed by atoms with Crippen molar-refractivity contribution in [2.45, 2.75) is 32.6 Å². The third-order valence-corrected chi connectivity index (χ3v) is 3.49. The highest BCUT2D eigenvalue weighted by atomic mass is 16.2. The maximum Gasteiger partial charge on any atom is 0.372 e. The average Bonchev–Trinajstić information content (AvgIpc) is 3.16. The second-order valence-corrected chi connectivity index (χ2v) is 6.34. The van der Waals surface area contributed by atoms with Gasteiger partial charge in [-0.1, -0.05) is 61.5 Å². The maximum absolute atomic E-state index is 12.6. The van der Waals surface area contributed by atoms with E-state index in [1.165, 1.54) is 17.1 Å². The van der Waals surface area contributed by atoms with Gasteiger partial charge in [0.15, 0.2) is 0 Å². The Morgan fingerprint density at radius 2 is 1.87 bits per heavy atom. The molecule has 0 saturated carbocycles. The Morgan fingerprint density at radius 1 is 1.13 bits per heavy atom. The molecule has 7 nitrogen and oxygen atoms in total. The van der Waals surface area contributed by atoms with Crippen LogP contribution in [-0.4, -0.2) is 36.0 Å². The molecule has 0 aliphatic rings. The van der Waals surface area contributed by atoms with Crippen LogP contribution in [0.1, 0.15) is 37.7 Å². The lowest BCUT2D eigenvalue weighted by molar-refractivity contribution is 0.236. The van der Waals surface area contributed by atoms with E-state index in [0.717, 1.165) is 21.6 Å². The number of benzene rings is 1. The first-order chi connectivity index (χ1) is 11.0. The summed E-state index contributed by atoms with van der Waals surface area (Å²) in [5.41, 5.74) is 2.44. The van der Waals surface area contributed by atoms with Gasteiger partial charge >= 0.3 is 6.03 Å². The number of aromatic nitrogens is 6. The van der Waals surface area contributed by atoms with Crippen LogP contribution in [0.4, 0.5) is 4.79 Å². The van der Waals surface area contributed by atoms with Crippen molar-refractivity contribution in [1.82, 2.24) is 30.0 Å². The second-order valence-electron chi connectivity index (χ2n) is 6.34. The Bertz CT molecular complexity index is 799. The molecule has 118 valence electrons. The van der Waals surface area contributed by atoms with E-state index >= 15 is 0 Å². The van der Waals surface area contributed by atoms with Gasteiger partial charge in [-0.2, -0.15) is 9.36 Å². The van der Waals surface area contributed by atoms with Gasteiger partial charge in [0, 0.05) is 11.8 Å². The van der Waals surface area contributed by atoms with Crippen LogP contribution in [0, 0.1) is 0 Å². The van der Waals surface area contributed by atoms with Crippen LogP contribution >= 0.6 is 0 Å². The zero-order chi connectivity index (χ0) is 16.4. The minimum atomic E-state index is -0.392. The van der Waals surface area contributed by atoms with Crippen LogP contribution in [0.3, 0.4) is 0 Å². The van der Waals surface area contributed by atoms with Gasteiger partial charge in [-0.05, 0) is 5.56 Å². The molecule has 0 radical (unpaired) electrons. The molecule has 0 fully saturated rings. The summed E-state index contributed by atoms with van der Waals surface area (Å²) in [6, 6.07) is 9.55. The standard InChI is InChI=1S/C16H18N6O/c1-16(2,3)14-13(11-12-7-5-4-6-8-12)22(20-18-14)15(23)21-10-9-17-19-21/h4-10H,11H2,1-3H3. The van der Waals surface area contributed by atoms with Gasteiger partial charge < -0.3 is 0 Å². The fourth-order valence-electron chi connectivity index (χ4n) is 2.39. The molecule has 0 N–H and O–H groups in total. The maximum atomic E-state index is 12.6. The van der Waals surface area contributed by atoms with Crippen molar-refractivity contribution in [2.24, 2.45) is 0 Å². The molecule has 0 atom stereocenters. The first kappa shape index (κ1) is 15.1. The quantitative estimate of drug-likeness (QED) is 0.725. The molecule has 0 aliphatic carbocycles. The molecule has 0 bridgehead atoms. The molecule has 0 spiro atoms. The number of nitrogens with zero attached hydrogens (tertiary/aromatic N) is 6. The Hall–Kier alpha value is -2.83. The Balaban J connectivity index is 2.06. The molecule has 3 rings (SSSR count). The average molecular weight is 310 g/mol. The van der Waals surface area contributed by atoms with Gasteiger partial charge in [-0.25, -0.2) is 4.79 Å². The van der Waals surface area contributed by atoms with Crippen LogP contribution in [0.15, 0.2) is 42.7 Å². The third-order valence-electron chi connectivity index (χ3n) is 3.49. The van der Waals surface area contributed by atoms with Crippen LogP contribution in [-0.2, 0) is 11.8 Å². The molecule has 2 aromatic heterocycles. The van der Waals surface area contributed by atoms with Crippen molar-refractivity contribution < 1.29 is 4.79 Å². The normalized spacial score (nSPS) is 11.6. The van der Waals surface area contributed by atoms with E-state index in [9.17, 15) is 4.79 Å². The van der Waals surface area contributed by atoms with Gasteiger partial charge in [0.2, 0.25) is 0 Å². The SMILES string of the molecule is CC(C)(C)c1nnn(C(=O)n2ccnn2)c1Cc1ccccc1. The van der Waals surface area contributed by atoms with Crippen molar-refractivity contribution in [2.75, 3.05) is 0 Å². The Kier molecular flexibility index (Phi) is 3.77. The van der Waals surface area contributed by atoms with Gasteiger partial charge in [0.25, 0.3) is 0 Å². The fraction of sp³-hybridized carbons (Fsp3) is 0.312. The first-order valence-corrected chi connectivity index (χ1v) is 7.37. The van der Waals surface area contributed by atoms with Crippen molar-refractivity contribution in [3.05, 3.63) is 59.7 Å². The zero-order valence-electron chi connectivity index (χ0n) is 13.3. The lowest BCUT2D eigenvalue weighted by Crippen LogP contribution is -2.25. The summed E-state index contributed by atoms with van der Waals surface area (Å²) in [6.45, 7) is 6.15. The summed E-state index contributed by atoms with van der Waals surface area (Å²) in [7, 11) is 0. The van der Waals surface area contributed by atoms with Gasteiger partial charge in [-0.15, -0.1) is 10.2 Å². The summed E-state index contributed by atoms with van der Waals surface area (Å²) in [5, 5.41) is 15.7. The highest BCUT2D eigenvalue weighted by Gasteiger charge is 2.27. The molecule has 0 aliphatic heterocycles.